The molecule has 1 aliphatic heterocycles. The number of hydrogen-bond acceptors (Lipinski definition) is 3. The van der Waals surface area contributed by atoms with Gasteiger partial charge in [-0.3, -0.25) is 9.48 Å². The second-order valence-corrected chi connectivity index (χ2v) is 9.41. The largest absolute Gasteiger partial charge is 0.391 e. The van der Waals surface area contributed by atoms with Crippen LogP contribution in [0.2, 0.25) is 0 Å². The molecule has 5 nitrogen and oxygen atoms in total. The van der Waals surface area contributed by atoms with Crippen molar-refractivity contribution in [3.8, 4) is 11.3 Å². The highest BCUT2D eigenvalue weighted by molar-refractivity contribution is 5.99. The molecule has 1 aliphatic carbocycles. The van der Waals surface area contributed by atoms with Gasteiger partial charge in [-0.1, -0.05) is 37.1 Å². The van der Waals surface area contributed by atoms with Crippen molar-refractivity contribution in [2.45, 2.75) is 64.6 Å². The Kier molecular flexibility index (Phi) is 5.38. The van der Waals surface area contributed by atoms with Gasteiger partial charge in [-0.25, -0.2) is 0 Å². The Balaban J connectivity index is 1.40. The summed E-state index contributed by atoms with van der Waals surface area (Å²) >= 11 is 0. The van der Waals surface area contributed by atoms with Crippen molar-refractivity contribution in [3.05, 3.63) is 76.0 Å². The quantitative estimate of drug-likeness (QED) is 0.662. The number of aliphatic hydroxyl groups excluding tert-OH is 1. The Labute approximate surface area is 189 Å². The number of aromatic nitrogens is 2. The minimum atomic E-state index is -0.402. The fourth-order valence-corrected chi connectivity index (χ4v) is 5.32. The molecule has 2 aromatic carbocycles. The van der Waals surface area contributed by atoms with Gasteiger partial charge in [-0.15, -0.1) is 0 Å². The Morgan fingerprint density at radius 2 is 1.81 bits per heavy atom. The first kappa shape index (κ1) is 21.0. The second kappa shape index (κ2) is 8.21. The van der Waals surface area contributed by atoms with E-state index in [1.54, 1.807) is 0 Å². The van der Waals surface area contributed by atoms with Gasteiger partial charge in [-0.05, 0) is 73.1 Å². The van der Waals surface area contributed by atoms with Crippen molar-refractivity contribution in [3.63, 3.8) is 0 Å². The highest BCUT2D eigenvalue weighted by Gasteiger charge is 2.38. The zero-order valence-corrected chi connectivity index (χ0v) is 19.1. The summed E-state index contributed by atoms with van der Waals surface area (Å²) in [5.41, 5.74) is 8.93. The summed E-state index contributed by atoms with van der Waals surface area (Å²) in [6.07, 6.45) is 6.17. The lowest BCUT2D eigenvalue weighted by Crippen LogP contribution is -2.45. The number of nitrogens with zero attached hydrogens (tertiary/aromatic N) is 3. The summed E-state index contributed by atoms with van der Waals surface area (Å²) in [5, 5.41) is 15.0. The number of aliphatic hydroxyl groups is 1. The molecule has 2 atom stereocenters. The fourth-order valence-electron chi connectivity index (χ4n) is 5.32. The molecule has 0 unspecified atom stereocenters. The SMILES string of the molecule is Cc1c(Cc2ccc(-c3ccn(C)n3)cc2)cc2c(c1C)CN([C@@H]1CCCC[C@H]1O)C2=O. The standard InChI is InChI=1S/C27H31N3O2/c1-17-18(2)23-16-30(25-6-4-5-7-26(25)31)27(32)22(23)15-21(17)14-19-8-10-20(11-9-19)24-12-13-29(3)28-24/h8-13,15,25-26,31H,4-7,14,16H2,1-3H3/t25-,26-/m1/s1. The van der Waals surface area contributed by atoms with E-state index in [4.69, 9.17) is 0 Å². The monoisotopic (exact) mass is 429 g/mol. The lowest BCUT2D eigenvalue weighted by molar-refractivity contribution is 0.0191. The van der Waals surface area contributed by atoms with Crippen LogP contribution >= 0.6 is 0 Å². The van der Waals surface area contributed by atoms with Crippen LogP contribution in [-0.4, -0.2) is 37.8 Å². The molecular weight excluding hydrogens is 398 g/mol. The third-order valence-electron chi connectivity index (χ3n) is 7.41. The van der Waals surface area contributed by atoms with Crippen molar-refractivity contribution >= 4 is 5.91 Å². The van der Waals surface area contributed by atoms with E-state index in [1.165, 1.54) is 22.3 Å². The van der Waals surface area contributed by atoms with Crippen LogP contribution in [0.4, 0.5) is 0 Å². The predicted octanol–water partition coefficient (Wildman–Crippen LogP) is 4.55. The molecule has 1 saturated carbocycles. The lowest BCUT2D eigenvalue weighted by atomic mass is 9.91. The zero-order chi connectivity index (χ0) is 22.4. The lowest BCUT2D eigenvalue weighted by Gasteiger charge is -2.35. The van der Waals surface area contributed by atoms with Gasteiger partial charge >= 0.3 is 0 Å². The third-order valence-corrected chi connectivity index (χ3v) is 7.41. The summed E-state index contributed by atoms with van der Waals surface area (Å²) in [5.74, 6) is 0.0841. The number of carbonyl (C=O) groups excluding carboxylic acids is 1. The van der Waals surface area contributed by atoms with E-state index in [9.17, 15) is 9.90 Å². The number of rotatable bonds is 4. The van der Waals surface area contributed by atoms with Gasteiger partial charge in [0.25, 0.3) is 5.91 Å². The normalized spacial score (nSPS) is 20.6. The molecule has 5 heteroatoms. The maximum absolute atomic E-state index is 13.3. The van der Waals surface area contributed by atoms with Crippen LogP contribution in [0.5, 0.6) is 0 Å². The molecule has 0 spiro atoms. The van der Waals surface area contributed by atoms with Crippen molar-refractivity contribution < 1.29 is 9.90 Å². The Hall–Kier alpha value is -2.92. The van der Waals surface area contributed by atoms with Gasteiger partial charge in [0.1, 0.15) is 0 Å². The first-order chi connectivity index (χ1) is 15.4. The number of amides is 1. The van der Waals surface area contributed by atoms with Crippen LogP contribution in [-0.2, 0) is 20.0 Å². The summed E-state index contributed by atoms with van der Waals surface area (Å²) < 4.78 is 1.81. The van der Waals surface area contributed by atoms with E-state index in [1.807, 2.05) is 28.9 Å². The molecule has 1 N–H and O–H groups in total. The smallest absolute Gasteiger partial charge is 0.254 e. The number of fused-ring (bicyclic) bond motifs is 1. The Morgan fingerprint density at radius 3 is 2.50 bits per heavy atom. The van der Waals surface area contributed by atoms with Crippen molar-refractivity contribution in [2.75, 3.05) is 0 Å². The van der Waals surface area contributed by atoms with E-state index >= 15 is 0 Å². The summed E-state index contributed by atoms with van der Waals surface area (Å²) in [6.45, 7) is 4.92. The molecular formula is C27H31N3O2. The molecule has 1 amide bonds. The van der Waals surface area contributed by atoms with Crippen molar-refractivity contribution in [1.29, 1.82) is 0 Å². The van der Waals surface area contributed by atoms with Gasteiger partial charge in [0.2, 0.25) is 0 Å². The predicted molar refractivity (Wildman–Crippen MR) is 126 cm³/mol. The topological polar surface area (TPSA) is 58.4 Å². The van der Waals surface area contributed by atoms with Crippen LogP contribution in [0.3, 0.4) is 0 Å². The Bertz CT molecular complexity index is 1160. The molecule has 2 heterocycles. The van der Waals surface area contributed by atoms with Gasteiger partial charge in [0.15, 0.2) is 0 Å². The van der Waals surface area contributed by atoms with Gasteiger partial charge in [0.05, 0.1) is 17.8 Å². The molecule has 1 aromatic heterocycles. The number of benzene rings is 2. The average Bonchev–Trinajstić information content (AvgIpc) is 3.36. The molecule has 166 valence electrons. The van der Waals surface area contributed by atoms with Crippen LogP contribution < -0.4 is 0 Å². The molecule has 0 bridgehead atoms. The molecule has 5 rings (SSSR count). The molecule has 3 aromatic rings. The number of hydrogen-bond donors (Lipinski definition) is 1. The van der Waals surface area contributed by atoms with Crippen molar-refractivity contribution in [1.82, 2.24) is 14.7 Å². The molecule has 0 radical (unpaired) electrons. The van der Waals surface area contributed by atoms with Crippen LogP contribution in [0.25, 0.3) is 11.3 Å². The first-order valence-electron chi connectivity index (χ1n) is 11.6. The fraction of sp³-hybridized carbons (Fsp3) is 0.407. The van der Waals surface area contributed by atoms with E-state index in [0.717, 1.165) is 54.5 Å². The second-order valence-electron chi connectivity index (χ2n) is 9.41. The zero-order valence-electron chi connectivity index (χ0n) is 19.1. The van der Waals surface area contributed by atoms with Crippen LogP contribution in [0.15, 0.2) is 42.6 Å². The summed E-state index contributed by atoms with van der Waals surface area (Å²) in [7, 11) is 1.92. The first-order valence-corrected chi connectivity index (χ1v) is 11.6. The highest BCUT2D eigenvalue weighted by atomic mass is 16.3. The maximum Gasteiger partial charge on any atom is 0.254 e. The van der Waals surface area contributed by atoms with Crippen LogP contribution in [0.1, 0.15) is 63.9 Å². The number of carbonyl (C=O) groups is 1. The minimum absolute atomic E-state index is 0.0500. The van der Waals surface area contributed by atoms with E-state index in [-0.39, 0.29) is 11.9 Å². The average molecular weight is 430 g/mol. The van der Waals surface area contributed by atoms with E-state index < -0.39 is 6.10 Å². The van der Waals surface area contributed by atoms with Gasteiger partial charge < -0.3 is 10.0 Å². The molecule has 32 heavy (non-hydrogen) atoms. The third kappa shape index (κ3) is 3.65. The molecule has 1 fully saturated rings. The minimum Gasteiger partial charge on any atom is -0.391 e. The Morgan fingerprint density at radius 1 is 1.06 bits per heavy atom. The summed E-state index contributed by atoms with van der Waals surface area (Å²) in [6, 6.07) is 12.6. The molecule has 2 aliphatic rings. The highest BCUT2D eigenvalue weighted by Crippen LogP contribution is 2.35. The number of aryl methyl sites for hydroxylation is 1. The maximum atomic E-state index is 13.3. The van der Waals surface area contributed by atoms with E-state index in [0.29, 0.717) is 6.54 Å². The van der Waals surface area contributed by atoms with Crippen molar-refractivity contribution in [2.24, 2.45) is 7.05 Å². The molecule has 0 saturated heterocycles. The van der Waals surface area contributed by atoms with E-state index in [2.05, 4.69) is 49.3 Å². The van der Waals surface area contributed by atoms with Crippen LogP contribution in [0, 0.1) is 13.8 Å². The van der Waals surface area contributed by atoms with Gasteiger partial charge in [0, 0.05) is 30.9 Å². The van der Waals surface area contributed by atoms with Gasteiger partial charge in [-0.2, -0.15) is 5.10 Å². The summed E-state index contributed by atoms with van der Waals surface area (Å²) in [4.78, 5) is 15.2.